The van der Waals surface area contributed by atoms with Crippen LogP contribution in [-0.4, -0.2) is 5.75 Å². The van der Waals surface area contributed by atoms with E-state index in [2.05, 4.69) is 37.8 Å². The molecular formula is C13H18S. The second-order valence-corrected chi connectivity index (χ2v) is 4.53. The maximum Gasteiger partial charge on any atom is 0.00725 e. The lowest BCUT2D eigenvalue weighted by atomic mass is 10.2. The standard InChI is InChI=1S/C13H18S/c1-3-4-8-11-14-12(2)13-9-6-5-7-10-13/h5-7,9-10H,2-4,8,11H2,1H3. The third kappa shape index (κ3) is 4.01. The van der Waals surface area contributed by atoms with Crippen LogP contribution in [0.2, 0.25) is 0 Å². The molecule has 0 aliphatic carbocycles. The van der Waals surface area contributed by atoms with Gasteiger partial charge in [-0.2, -0.15) is 0 Å². The Morgan fingerprint density at radius 1 is 1.21 bits per heavy atom. The first-order valence-electron chi connectivity index (χ1n) is 5.21. The molecule has 1 rings (SSSR count). The van der Waals surface area contributed by atoms with E-state index in [-0.39, 0.29) is 0 Å². The molecule has 1 heteroatoms. The molecule has 0 aliphatic heterocycles. The van der Waals surface area contributed by atoms with Gasteiger partial charge in [0.2, 0.25) is 0 Å². The zero-order valence-electron chi connectivity index (χ0n) is 8.83. The predicted molar refractivity (Wildman–Crippen MR) is 67.5 cm³/mol. The number of unbranched alkanes of at least 4 members (excludes halogenated alkanes) is 2. The van der Waals surface area contributed by atoms with Gasteiger partial charge in [-0.1, -0.05) is 56.7 Å². The molecule has 0 spiro atoms. The molecule has 76 valence electrons. The summed E-state index contributed by atoms with van der Waals surface area (Å²) in [5, 5.41) is 0. The zero-order valence-corrected chi connectivity index (χ0v) is 9.65. The minimum atomic E-state index is 1.20. The monoisotopic (exact) mass is 206 g/mol. The van der Waals surface area contributed by atoms with Crippen molar-refractivity contribution < 1.29 is 0 Å². The largest absolute Gasteiger partial charge is 0.126 e. The van der Waals surface area contributed by atoms with E-state index in [9.17, 15) is 0 Å². The van der Waals surface area contributed by atoms with Crippen LogP contribution in [0.1, 0.15) is 31.7 Å². The summed E-state index contributed by atoms with van der Waals surface area (Å²) in [6.07, 6.45) is 3.92. The van der Waals surface area contributed by atoms with Crippen LogP contribution in [0, 0.1) is 0 Å². The van der Waals surface area contributed by atoms with E-state index in [0.29, 0.717) is 0 Å². The smallest absolute Gasteiger partial charge is 0.00725 e. The number of hydrogen-bond acceptors (Lipinski definition) is 1. The Hall–Kier alpha value is -0.690. The summed E-state index contributed by atoms with van der Waals surface area (Å²) in [7, 11) is 0. The van der Waals surface area contributed by atoms with E-state index >= 15 is 0 Å². The highest BCUT2D eigenvalue weighted by molar-refractivity contribution is 8.08. The zero-order chi connectivity index (χ0) is 10.2. The summed E-state index contributed by atoms with van der Waals surface area (Å²) in [6.45, 7) is 6.32. The van der Waals surface area contributed by atoms with Gasteiger partial charge in [-0.25, -0.2) is 0 Å². The van der Waals surface area contributed by atoms with Crippen molar-refractivity contribution >= 4 is 16.7 Å². The molecule has 0 aliphatic rings. The Morgan fingerprint density at radius 3 is 2.57 bits per heavy atom. The van der Waals surface area contributed by atoms with Crippen LogP contribution < -0.4 is 0 Å². The average Bonchev–Trinajstić information content (AvgIpc) is 2.25. The Bertz CT molecular complexity index is 264. The van der Waals surface area contributed by atoms with Crippen LogP contribution in [-0.2, 0) is 0 Å². The van der Waals surface area contributed by atoms with Crippen LogP contribution in [0.25, 0.3) is 4.91 Å². The van der Waals surface area contributed by atoms with Gasteiger partial charge in [0.25, 0.3) is 0 Å². The summed E-state index contributed by atoms with van der Waals surface area (Å²) in [5.41, 5.74) is 1.26. The van der Waals surface area contributed by atoms with Crippen LogP contribution in [0.3, 0.4) is 0 Å². The van der Waals surface area contributed by atoms with E-state index in [1.807, 2.05) is 17.8 Å². The molecule has 1 aromatic rings. The van der Waals surface area contributed by atoms with Crippen molar-refractivity contribution in [1.29, 1.82) is 0 Å². The van der Waals surface area contributed by atoms with Crippen LogP contribution in [0.4, 0.5) is 0 Å². The third-order valence-corrected chi connectivity index (χ3v) is 3.20. The van der Waals surface area contributed by atoms with Crippen LogP contribution in [0.5, 0.6) is 0 Å². The average molecular weight is 206 g/mol. The fraction of sp³-hybridized carbons (Fsp3) is 0.385. The molecular weight excluding hydrogens is 188 g/mol. The number of benzene rings is 1. The highest BCUT2D eigenvalue weighted by Crippen LogP contribution is 2.25. The first kappa shape index (κ1) is 11.4. The Morgan fingerprint density at radius 2 is 1.93 bits per heavy atom. The normalized spacial score (nSPS) is 10.1. The van der Waals surface area contributed by atoms with E-state index in [0.717, 1.165) is 0 Å². The fourth-order valence-corrected chi connectivity index (χ4v) is 2.15. The van der Waals surface area contributed by atoms with Gasteiger partial charge in [-0.15, -0.1) is 11.8 Å². The molecule has 0 atom stereocenters. The van der Waals surface area contributed by atoms with Crippen molar-refractivity contribution in [3.8, 4) is 0 Å². The lowest BCUT2D eigenvalue weighted by molar-refractivity contribution is 0.779. The second kappa shape index (κ2) is 6.72. The SMILES string of the molecule is C=C(SCCCCC)c1ccccc1. The van der Waals surface area contributed by atoms with Crippen molar-refractivity contribution in [3.05, 3.63) is 42.5 Å². The first-order chi connectivity index (χ1) is 6.84. The van der Waals surface area contributed by atoms with Crippen molar-refractivity contribution in [2.75, 3.05) is 5.75 Å². The Labute approximate surface area is 91.4 Å². The summed E-state index contributed by atoms with van der Waals surface area (Å²) in [4.78, 5) is 1.20. The summed E-state index contributed by atoms with van der Waals surface area (Å²) in [5.74, 6) is 1.20. The highest BCUT2D eigenvalue weighted by atomic mass is 32.2. The van der Waals surface area contributed by atoms with Gasteiger partial charge in [0.05, 0.1) is 0 Å². The van der Waals surface area contributed by atoms with Gasteiger partial charge >= 0.3 is 0 Å². The van der Waals surface area contributed by atoms with Gasteiger partial charge < -0.3 is 0 Å². The minimum absolute atomic E-state index is 1.20. The second-order valence-electron chi connectivity index (χ2n) is 3.34. The number of rotatable bonds is 6. The predicted octanol–water partition coefficient (Wildman–Crippen LogP) is 4.58. The van der Waals surface area contributed by atoms with Crippen molar-refractivity contribution in [3.63, 3.8) is 0 Å². The lowest BCUT2D eigenvalue weighted by Gasteiger charge is -2.04. The Balaban J connectivity index is 2.29. The van der Waals surface area contributed by atoms with Crippen LogP contribution in [0.15, 0.2) is 36.9 Å². The van der Waals surface area contributed by atoms with Gasteiger partial charge in [0, 0.05) is 4.91 Å². The molecule has 1 aromatic carbocycles. The third-order valence-electron chi connectivity index (χ3n) is 2.12. The summed E-state index contributed by atoms with van der Waals surface area (Å²) < 4.78 is 0. The summed E-state index contributed by atoms with van der Waals surface area (Å²) >= 11 is 1.87. The molecule has 0 fully saturated rings. The van der Waals surface area contributed by atoms with Crippen LogP contribution >= 0.6 is 11.8 Å². The molecule has 14 heavy (non-hydrogen) atoms. The van der Waals surface area contributed by atoms with Crippen molar-refractivity contribution in [2.24, 2.45) is 0 Å². The van der Waals surface area contributed by atoms with Crippen molar-refractivity contribution in [1.82, 2.24) is 0 Å². The quantitative estimate of drug-likeness (QED) is 0.614. The minimum Gasteiger partial charge on any atom is -0.126 e. The topological polar surface area (TPSA) is 0 Å². The molecule has 0 N–H and O–H groups in total. The molecule has 0 heterocycles. The van der Waals surface area contributed by atoms with Gasteiger partial charge in [0.15, 0.2) is 0 Å². The Kier molecular flexibility index (Phi) is 5.46. The van der Waals surface area contributed by atoms with Crippen molar-refractivity contribution in [2.45, 2.75) is 26.2 Å². The number of hydrogen-bond donors (Lipinski definition) is 0. The van der Waals surface area contributed by atoms with E-state index in [4.69, 9.17) is 0 Å². The molecule has 0 aromatic heterocycles. The molecule has 0 bridgehead atoms. The van der Waals surface area contributed by atoms with E-state index in [1.54, 1.807) is 0 Å². The van der Waals surface area contributed by atoms with Gasteiger partial charge in [-0.05, 0) is 17.7 Å². The van der Waals surface area contributed by atoms with Gasteiger partial charge in [-0.3, -0.25) is 0 Å². The molecule has 0 radical (unpaired) electrons. The maximum absolute atomic E-state index is 4.09. The molecule has 0 nitrogen and oxygen atoms in total. The molecule has 0 saturated heterocycles. The highest BCUT2D eigenvalue weighted by Gasteiger charge is 1.97. The fourth-order valence-electron chi connectivity index (χ4n) is 1.25. The van der Waals surface area contributed by atoms with Gasteiger partial charge in [0.1, 0.15) is 0 Å². The molecule has 0 saturated carbocycles. The molecule has 0 amide bonds. The van der Waals surface area contributed by atoms with E-state index in [1.165, 1.54) is 35.5 Å². The maximum atomic E-state index is 4.09. The van der Waals surface area contributed by atoms with E-state index < -0.39 is 0 Å². The first-order valence-corrected chi connectivity index (χ1v) is 6.20. The lowest BCUT2D eigenvalue weighted by Crippen LogP contribution is -1.82. The molecule has 0 unspecified atom stereocenters. The number of thioether (sulfide) groups is 1. The summed E-state index contributed by atoms with van der Waals surface area (Å²) in [6, 6.07) is 10.4.